The summed E-state index contributed by atoms with van der Waals surface area (Å²) in [4.78, 5) is 7.09. The molecule has 3 aliphatic rings. The molecule has 0 atom stereocenters. The van der Waals surface area contributed by atoms with Gasteiger partial charge in [-0.05, 0) is 303 Å². The quantitative estimate of drug-likeness (QED) is 0.108. The number of fused-ring (bicyclic) bond motifs is 14. The molecular weight excluding hydrogens is 1750 g/mol. The number of aromatic nitrogens is 3. The lowest BCUT2D eigenvalue weighted by atomic mass is 9.82. The Balaban J connectivity index is 0.000000106. The van der Waals surface area contributed by atoms with Gasteiger partial charge in [-0.2, -0.15) is 0 Å². The highest BCUT2D eigenvalue weighted by Crippen LogP contribution is 2.56. The van der Waals surface area contributed by atoms with Crippen LogP contribution in [0.5, 0.6) is 0 Å². The second kappa shape index (κ2) is 34.3. The molecule has 3 aliphatic carbocycles. The van der Waals surface area contributed by atoms with E-state index in [1.54, 1.807) is 0 Å². The van der Waals surface area contributed by atoms with Gasteiger partial charge in [-0.3, -0.25) is 0 Å². The van der Waals surface area contributed by atoms with Crippen LogP contribution < -0.4 is 14.7 Å². The highest BCUT2D eigenvalue weighted by molar-refractivity contribution is 6.32. The fourth-order valence-electron chi connectivity index (χ4n) is 24.0. The summed E-state index contributed by atoms with van der Waals surface area (Å²) >= 11 is 0. The molecule has 0 saturated carbocycles. The molecule has 680 valence electrons. The zero-order valence-corrected chi connectivity index (χ0v) is 80.0. The average Bonchev–Trinajstić information content (AvgIpc) is 1.55. The summed E-state index contributed by atoms with van der Waals surface area (Å²) in [5.74, 6) is 0. The zero-order chi connectivity index (χ0) is 95.9. The van der Waals surface area contributed by atoms with E-state index >= 15 is 0 Å². The molecule has 30 rings (SSSR count). The molecule has 27 aromatic rings. The molecular formula is C139H94N6. The van der Waals surface area contributed by atoms with Crippen molar-refractivity contribution in [1.82, 2.24) is 13.7 Å². The molecule has 3 heterocycles. The summed E-state index contributed by atoms with van der Waals surface area (Å²) in [5.41, 5.74) is 41.5. The molecule has 0 spiro atoms. The second-order valence-electron chi connectivity index (χ2n) is 38.9. The van der Waals surface area contributed by atoms with Gasteiger partial charge in [0.15, 0.2) is 0 Å². The number of para-hydroxylation sites is 4. The van der Waals surface area contributed by atoms with Crippen LogP contribution in [0.4, 0.5) is 51.2 Å². The van der Waals surface area contributed by atoms with Gasteiger partial charge >= 0.3 is 0 Å². The van der Waals surface area contributed by atoms with Gasteiger partial charge in [0.2, 0.25) is 0 Å². The predicted molar refractivity (Wildman–Crippen MR) is 614 cm³/mol. The summed E-state index contributed by atoms with van der Waals surface area (Å²) in [6.07, 6.45) is 0. The standard InChI is InChI=1S/C49H36N2.C46H30N2.C44H28N2/c1-49(2)45-18-10-8-16-41(45)43-31-44-42-17-9-11-19-47(42)51(48(44)32-46(43)49)40-28-26-39(27-29-40)50(37-14-4-3-5-15-37)38-24-22-34(23-25-38)36-21-20-33-12-6-7-13-35(33)30-36;1-3-13-31(14-4-1)33-16-9-19-35(29-33)47(34-17-5-2-6-18-34)36-20-11-21-37(30-36)48-42-26-12-25-41-39-23-8-7-22-38(39)40-24-10-15-32-27-28-43(48)46(44(32)40)45(41)42;1-2-15-31(16-3-1)45(39-24-9-13-29-12-4-5-19-34(29)39)32-17-10-18-33(28-32)46-40-25-11-23-38-36-21-7-6-20-35(36)37-22-8-14-30-26-27-41(46)44(42(30)37)43(38)40/h3-32H,1-2H3;1-30H;1-28H. The van der Waals surface area contributed by atoms with E-state index in [4.69, 9.17) is 0 Å². The van der Waals surface area contributed by atoms with Crippen LogP contribution in [0.15, 0.2) is 534 Å². The van der Waals surface area contributed by atoms with E-state index in [9.17, 15) is 0 Å². The molecule has 6 heteroatoms. The second-order valence-corrected chi connectivity index (χ2v) is 38.9. The van der Waals surface area contributed by atoms with Crippen LogP contribution in [-0.4, -0.2) is 13.7 Å². The highest BCUT2D eigenvalue weighted by atomic mass is 15.2. The topological polar surface area (TPSA) is 24.5 Å². The molecule has 6 nitrogen and oxygen atoms in total. The number of rotatable bonds is 14. The molecule has 0 fully saturated rings. The van der Waals surface area contributed by atoms with Crippen molar-refractivity contribution >= 4 is 160 Å². The van der Waals surface area contributed by atoms with Crippen LogP contribution in [0.25, 0.3) is 203 Å². The lowest BCUT2D eigenvalue weighted by Crippen LogP contribution is -2.15. The van der Waals surface area contributed by atoms with Gasteiger partial charge in [-0.25, -0.2) is 0 Å². The number of nitrogens with zero attached hydrogens (tertiary/aromatic N) is 6. The minimum absolute atomic E-state index is 0.0642. The first-order valence-electron chi connectivity index (χ1n) is 50.2. The normalized spacial score (nSPS) is 12.3. The Morgan fingerprint density at radius 1 is 0.159 bits per heavy atom. The minimum Gasteiger partial charge on any atom is -0.311 e. The molecule has 0 aliphatic heterocycles. The summed E-state index contributed by atoms with van der Waals surface area (Å²) in [6.45, 7) is 4.72. The van der Waals surface area contributed by atoms with Crippen molar-refractivity contribution in [1.29, 1.82) is 0 Å². The third-order valence-corrected chi connectivity index (χ3v) is 30.5. The van der Waals surface area contributed by atoms with E-state index in [1.807, 2.05) is 0 Å². The van der Waals surface area contributed by atoms with Gasteiger partial charge in [-0.15, -0.1) is 0 Å². The lowest BCUT2D eigenvalue weighted by molar-refractivity contribution is 0.661. The monoisotopic (exact) mass is 1850 g/mol. The Morgan fingerprint density at radius 2 is 0.517 bits per heavy atom. The van der Waals surface area contributed by atoms with E-state index in [0.29, 0.717) is 0 Å². The summed E-state index contributed by atoms with van der Waals surface area (Å²) in [6, 6.07) is 195. The van der Waals surface area contributed by atoms with E-state index in [1.165, 1.54) is 198 Å². The maximum atomic E-state index is 2.47. The van der Waals surface area contributed by atoms with Crippen molar-refractivity contribution in [2.75, 3.05) is 14.7 Å². The number of hydrogen-bond donors (Lipinski definition) is 0. The maximum absolute atomic E-state index is 2.47. The first kappa shape index (κ1) is 84.2. The first-order chi connectivity index (χ1) is 71.7. The fourth-order valence-corrected chi connectivity index (χ4v) is 24.0. The Kier molecular flexibility index (Phi) is 19.9. The van der Waals surface area contributed by atoms with Crippen LogP contribution in [0.3, 0.4) is 0 Å². The average molecular weight is 1850 g/mol. The highest BCUT2D eigenvalue weighted by Gasteiger charge is 2.37. The molecule has 0 N–H and O–H groups in total. The van der Waals surface area contributed by atoms with Gasteiger partial charge in [0.1, 0.15) is 0 Å². The van der Waals surface area contributed by atoms with Gasteiger partial charge in [0, 0.05) is 106 Å². The van der Waals surface area contributed by atoms with Gasteiger partial charge in [0.05, 0.1) is 38.8 Å². The van der Waals surface area contributed by atoms with Gasteiger partial charge in [-0.1, -0.05) is 372 Å². The number of anilines is 9. The van der Waals surface area contributed by atoms with Crippen LogP contribution in [0, 0.1) is 0 Å². The van der Waals surface area contributed by atoms with E-state index < -0.39 is 0 Å². The molecule has 0 bridgehead atoms. The Labute approximate surface area is 841 Å². The lowest BCUT2D eigenvalue weighted by Gasteiger charge is -2.27. The van der Waals surface area contributed by atoms with E-state index in [-0.39, 0.29) is 5.41 Å². The van der Waals surface area contributed by atoms with E-state index in [0.717, 1.165) is 68.2 Å². The Bertz CT molecular complexity index is 9850. The summed E-state index contributed by atoms with van der Waals surface area (Å²) < 4.78 is 7.37. The molecule has 0 unspecified atom stereocenters. The first-order valence-corrected chi connectivity index (χ1v) is 50.2. The van der Waals surface area contributed by atoms with Crippen LogP contribution in [0.2, 0.25) is 0 Å². The van der Waals surface area contributed by atoms with Gasteiger partial charge < -0.3 is 28.4 Å². The molecule has 24 aromatic carbocycles. The van der Waals surface area contributed by atoms with E-state index in [2.05, 4.69) is 576 Å². The number of benzene rings is 24. The molecule has 0 radical (unpaired) electrons. The van der Waals surface area contributed by atoms with Crippen molar-refractivity contribution in [2.45, 2.75) is 19.3 Å². The summed E-state index contributed by atoms with van der Waals surface area (Å²) in [7, 11) is 0. The Hall–Kier alpha value is -18.9. The minimum atomic E-state index is -0.0642. The van der Waals surface area contributed by atoms with Gasteiger partial charge in [0.25, 0.3) is 0 Å². The van der Waals surface area contributed by atoms with Crippen molar-refractivity contribution in [2.24, 2.45) is 0 Å². The predicted octanol–water partition coefficient (Wildman–Crippen LogP) is 38.3. The smallest absolute Gasteiger partial charge is 0.0548 e. The van der Waals surface area contributed by atoms with Crippen LogP contribution >= 0.6 is 0 Å². The SMILES string of the molecule is CC1(C)c2ccccc2-c2cc3c4ccccc4n(-c4ccc(N(c5ccccc5)c5ccc(-c6ccc7ccccc7c6)cc5)cc4)c3cc21.c1ccc(-c2cccc(N(c3ccccc3)c3cccc(-n4c5cccc6c5c5c7c(cccc7ccc54)-c4ccccc4-6)c3)c2)cc1.c1ccc(N(c2cccc(-n3c4cccc5c4c4c6c(cccc6ccc43)-c3ccccc3-5)c2)c2cccc3ccccc23)cc1. The van der Waals surface area contributed by atoms with Crippen LogP contribution in [0.1, 0.15) is 25.0 Å². The molecule has 3 aromatic heterocycles. The fraction of sp³-hybridized carbons (Fsp3) is 0.0216. The molecule has 145 heavy (non-hydrogen) atoms. The van der Waals surface area contributed by atoms with Crippen molar-refractivity contribution in [3.63, 3.8) is 0 Å². The van der Waals surface area contributed by atoms with Crippen LogP contribution in [-0.2, 0) is 5.41 Å². The third kappa shape index (κ3) is 13.8. The molecule has 0 saturated heterocycles. The number of hydrogen-bond acceptors (Lipinski definition) is 3. The Morgan fingerprint density at radius 3 is 1.10 bits per heavy atom. The third-order valence-electron chi connectivity index (χ3n) is 30.5. The molecule has 0 amide bonds. The largest absolute Gasteiger partial charge is 0.311 e. The summed E-state index contributed by atoms with van der Waals surface area (Å²) in [5, 5.41) is 18.0. The van der Waals surface area contributed by atoms with Crippen molar-refractivity contribution < 1.29 is 0 Å². The maximum Gasteiger partial charge on any atom is 0.0548 e. The van der Waals surface area contributed by atoms with Crippen molar-refractivity contribution in [3.05, 3.63) is 545 Å². The zero-order valence-electron chi connectivity index (χ0n) is 80.0. The van der Waals surface area contributed by atoms with Crippen molar-refractivity contribution in [3.8, 4) is 95.0 Å².